The van der Waals surface area contributed by atoms with Gasteiger partial charge >= 0.3 is 11.9 Å². The van der Waals surface area contributed by atoms with Crippen molar-refractivity contribution in [2.24, 2.45) is 34.4 Å². The Labute approximate surface area is 184 Å². The maximum atomic E-state index is 12.5. The minimum Gasteiger partial charge on any atom is -0.464 e. The van der Waals surface area contributed by atoms with Gasteiger partial charge in [-0.25, -0.2) is 11.4 Å². The number of ether oxygens (including phenoxy) is 2. The van der Waals surface area contributed by atoms with E-state index in [1.807, 2.05) is 0 Å². The Hall–Kier alpha value is -1.91. The second kappa shape index (κ2) is 12.2. The molecule has 2 saturated heterocycles. The molecule has 0 spiro atoms. The van der Waals surface area contributed by atoms with E-state index in [0.717, 1.165) is 51.6 Å². The Balaban J connectivity index is 1.32. The number of nitrogens with one attached hydrogen (secondary N) is 3. The average molecular weight is 439 g/mol. The van der Waals surface area contributed by atoms with Crippen molar-refractivity contribution >= 4 is 17.8 Å². The van der Waals surface area contributed by atoms with Gasteiger partial charge in [-0.15, -0.1) is 0 Å². The first-order chi connectivity index (χ1) is 15.1. The number of nitrogens with zero attached hydrogens (tertiary/aromatic N) is 1. The largest absolute Gasteiger partial charge is 0.464 e. The number of hydrogen-bond acceptors (Lipinski definition) is 9. The molecule has 7 N–H and O–H groups in total. The van der Waals surface area contributed by atoms with Gasteiger partial charge < -0.3 is 25.8 Å². The topological polar surface area (TPSA) is 153 Å². The van der Waals surface area contributed by atoms with Crippen molar-refractivity contribution in [2.75, 3.05) is 26.3 Å². The number of hydrogen-bond donors (Lipinski definition) is 5. The summed E-state index contributed by atoms with van der Waals surface area (Å²) in [7, 11) is 0. The highest BCUT2D eigenvalue weighted by molar-refractivity contribution is 5.80. The van der Waals surface area contributed by atoms with Gasteiger partial charge in [0.25, 0.3) is 0 Å². The van der Waals surface area contributed by atoms with E-state index in [4.69, 9.17) is 21.1 Å². The third kappa shape index (κ3) is 7.33. The zero-order valence-corrected chi connectivity index (χ0v) is 18.3. The van der Waals surface area contributed by atoms with Crippen LogP contribution in [0.1, 0.15) is 57.8 Å². The number of amidine groups is 1. The van der Waals surface area contributed by atoms with Crippen LogP contribution in [0.15, 0.2) is 5.10 Å². The maximum absolute atomic E-state index is 12.5. The van der Waals surface area contributed by atoms with Crippen LogP contribution in [0.25, 0.3) is 0 Å². The first-order valence-corrected chi connectivity index (χ1v) is 11.6. The first-order valence-electron chi connectivity index (χ1n) is 11.6. The molecule has 10 nitrogen and oxygen atoms in total. The molecule has 2 aliphatic heterocycles. The smallest absolute Gasteiger partial charge is 0.323 e. The number of hydrazine groups is 1. The van der Waals surface area contributed by atoms with E-state index >= 15 is 0 Å². The summed E-state index contributed by atoms with van der Waals surface area (Å²) in [4.78, 5) is 24.3. The average Bonchev–Trinajstić information content (AvgIpc) is 3.32. The third-order valence-corrected chi connectivity index (χ3v) is 6.84. The van der Waals surface area contributed by atoms with E-state index in [9.17, 15) is 9.59 Å². The van der Waals surface area contributed by atoms with Crippen LogP contribution in [0.3, 0.4) is 0 Å². The lowest BCUT2D eigenvalue weighted by Crippen LogP contribution is -2.50. The predicted octanol–water partition coefficient (Wildman–Crippen LogP) is 0.125. The molecule has 3 aliphatic rings. The fourth-order valence-electron chi connectivity index (χ4n) is 5.08. The molecule has 1 saturated carbocycles. The molecule has 10 heteroatoms. The highest BCUT2D eigenvalue weighted by Crippen LogP contribution is 2.40. The van der Waals surface area contributed by atoms with Gasteiger partial charge in [-0.05, 0) is 69.4 Å². The molecule has 0 bridgehead atoms. The Morgan fingerprint density at radius 3 is 2.48 bits per heavy atom. The molecule has 0 amide bonds. The number of piperidine rings is 1. The van der Waals surface area contributed by atoms with Gasteiger partial charge in [0, 0.05) is 12.8 Å². The second-order valence-electron chi connectivity index (χ2n) is 9.00. The summed E-state index contributed by atoms with van der Waals surface area (Å²) in [6.07, 6.45) is 8.38. The van der Waals surface area contributed by atoms with Crippen LogP contribution in [0.5, 0.6) is 0 Å². The van der Waals surface area contributed by atoms with E-state index in [2.05, 4.69) is 21.3 Å². The number of carbonyl (C=O) groups excluding carboxylic acids is 2. The van der Waals surface area contributed by atoms with Crippen molar-refractivity contribution in [1.82, 2.24) is 16.2 Å². The standard InChI is InChI=1S/C21H38N6O4/c22-19(26-27-23)7-5-14-4-6-15-13-25-18(12-16(15)11-14)21(29)31-10-2-9-30-20(28)17-3-1-8-24-17/h14-18,24-25,27H,1-13,23H2,(H2,22,26). The maximum Gasteiger partial charge on any atom is 0.323 e. The summed E-state index contributed by atoms with van der Waals surface area (Å²) in [5.74, 6) is 7.05. The Morgan fingerprint density at radius 1 is 1.00 bits per heavy atom. The van der Waals surface area contributed by atoms with Crippen LogP contribution < -0.4 is 27.7 Å². The van der Waals surface area contributed by atoms with Crippen LogP contribution >= 0.6 is 0 Å². The van der Waals surface area contributed by atoms with Crippen LogP contribution in [0.2, 0.25) is 0 Å². The summed E-state index contributed by atoms with van der Waals surface area (Å²) < 4.78 is 10.7. The lowest BCUT2D eigenvalue weighted by Gasteiger charge is -2.42. The quantitative estimate of drug-likeness (QED) is 0.0799. The van der Waals surface area contributed by atoms with Crippen LogP contribution in [0, 0.1) is 17.8 Å². The van der Waals surface area contributed by atoms with Gasteiger partial charge in [-0.1, -0.05) is 6.42 Å². The number of rotatable bonds is 10. The molecular weight excluding hydrogens is 400 g/mol. The highest BCUT2D eigenvalue weighted by Gasteiger charge is 2.38. The van der Waals surface area contributed by atoms with E-state index in [0.29, 0.717) is 30.0 Å². The molecule has 0 radical (unpaired) electrons. The lowest BCUT2D eigenvalue weighted by atomic mass is 9.69. The molecule has 1 aliphatic carbocycles. The van der Waals surface area contributed by atoms with E-state index in [1.54, 1.807) is 0 Å². The van der Waals surface area contributed by atoms with Crippen molar-refractivity contribution in [2.45, 2.75) is 69.9 Å². The second-order valence-corrected chi connectivity index (χ2v) is 9.00. The Kier molecular flexibility index (Phi) is 9.35. The molecule has 3 fully saturated rings. The van der Waals surface area contributed by atoms with Gasteiger partial charge in [-0.3, -0.25) is 9.59 Å². The predicted molar refractivity (Wildman–Crippen MR) is 116 cm³/mol. The third-order valence-electron chi connectivity index (χ3n) is 6.84. The van der Waals surface area contributed by atoms with Crippen molar-refractivity contribution in [3.63, 3.8) is 0 Å². The molecule has 2 heterocycles. The molecule has 31 heavy (non-hydrogen) atoms. The fraction of sp³-hybridized carbons (Fsp3) is 0.857. The molecule has 5 unspecified atom stereocenters. The number of fused-ring (bicyclic) bond motifs is 1. The van der Waals surface area contributed by atoms with Crippen molar-refractivity contribution in [3.8, 4) is 0 Å². The first kappa shape index (κ1) is 23.7. The molecule has 0 aromatic rings. The van der Waals surface area contributed by atoms with Crippen LogP contribution in [-0.2, 0) is 19.1 Å². The summed E-state index contributed by atoms with van der Waals surface area (Å²) in [5.41, 5.74) is 8.05. The summed E-state index contributed by atoms with van der Waals surface area (Å²) in [6.45, 7) is 2.28. The number of esters is 2. The molecule has 176 valence electrons. The van der Waals surface area contributed by atoms with Crippen molar-refractivity contribution in [3.05, 3.63) is 0 Å². The van der Waals surface area contributed by atoms with Gasteiger partial charge in [-0.2, -0.15) is 5.10 Å². The Bertz CT molecular complexity index is 625. The minimum absolute atomic E-state index is 0.178. The number of hydrazone groups is 1. The molecule has 0 aromatic carbocycles. The van der Waals surface area contributed by atoms with Crippen molar-refractivity contribution < 1.29 is 19.1 Å². The lowest BCUT2D eigenvalue weighted by molar-refractivity contribution is -0.149. The molecule has 5 atom stereocenters. The normalized spacial score (nSPS) is 31.0. The summed E-state index contributed by atoms with van der Waals surface area (Å²) >= 11 is 0. The minimum atomic E-state index is -0.252. The number of carbonyl (C=O) groups is 2. The summed E-state index contributed by atoms with van der Waals surface area (Å²) in [5, 5.41) is 10.3. The van der Waals surface area contributed by atoms with Crippen LogP contribution in [-0.4, -0.2) is 56.2 Å². The van der Waals surface area contributed by atoms with E-state index in [-0.39, 0.29) is 37.2 Å². The van der Waals surface area contributed by atoms with Gasteiger partial charge in [0.15, 0.2) is 0 Å². The van der Waals surface area contributed by atoms with E-state index < -0.39 is 0 Å². The molecular formula is C21H38N6O4. The van der Waals surface area contributed by atoms with Gasteiger partial charge in [0.2, 0.25) is 0 Å². The van der Waals surface area contributed by atoms with Gasteiger partial charge in [0.05, 0.1) is 13.2 Å². The number of nitrogens with two attached hydrogens (primary N) is 2. The zero-order valence-electron chi connectivity index (χ0n) is 18.3. The van der Waals surface area contributed by atoms with Gasteiger partial charge in [0.1, 0.15) is 17.9 Å². The van der Waals surface area contributed by atoms with E-state index in [1.165, 1.54) is 12.8 Å². The molecule has 3 rings (SSSR count). The van der Waals surface area contributed by atoms with Crippen molar-refractivity contribution in [1.29, 1.82) is 0 Å². The fourth-order valence-corrected chi connectivity index (χ4v) is 5.08. The zero-order chi connectivity index (χ0) is 22.1. The highest BCUT2D eigenvalue weighted by atomic mass is 16.5. The van der Waals surface area contributed by atoms with Crippen LogP contribution in [0.4, 0.5) is 0 Å². The monoisotopic (exact) mass is 438 g/mol. The Morgan fingerprint density at radius 2 is 1.77 bits per heavy atom. The molecule has 0 aromatic heterocycles. The SMILES string of the molecule is NN/N=C(\N)CCC1CCC2CNC(C(=O)OCCCOC(=O)C3CCCN3)CC2C1. The summed E-state index contributed by atoms with van der Waals surface area (Å²) in [6, 6.07) is -0.430.